The van der Waals surface area contributed by atoms with Crippen molar-refractivity contribution in [1.29, 1.82) is 0 Å². The number of aliphatic hydroxyl groups excluding tert-OH is 1. The van der Waals surface area contributed by atoms with Crippen LogP contribution in [0.3, 0.4) is 0 Å². The Morgan fingerprint density at radius 2 is 2.07 bits per heavy atom. The summed E-state index contributed by atoms with van der Waals surface area (Å²) in [5, 5.41) is 13.8. The number of hydrogen-bond donors (Lipinski definition) is 2. The van der Waals surface area contributed by atoms with Crippen molar-refractivity contribution in [1.82, 2.24) is 5.32 Å². The molecule has 1 aromatic carbocycles. The van der Waals surface area contributed by atoms with Gasteiger partial charge in [-0.2, -0.15) is 0 Å². The third-order valence-electron chi connectivity index (χ3n) is 2.60. The Hall–Kier alpha value is -1.13. The van der Waals surface area contributed by atoms with Crippen LogP contribution in [0.25, 0.3) is 0 Å². The smallest absolute Gasteiger partial charge is 0.175 e. The molecule has 0 radical (unpaired) electrons. The number of rotatable bonds is 1. The summed E-state index contributed by atoms with van der Waals surface area (Å²) < 4.78 is 0. The van der Waals surface area contributed by atoms with E-state index in [0.717, 1.165) is 12.2 Å². The lowest BCUT2D eigenvalue weighted by Crippen LogP contribution is -2.56. The van der Waals surface area contributed by atoms with Crippen molar-refractivity contribution in [3.63, 3.8) is 0 Å². The second kappa shape index (κ2) is 4.16. The number of aliphatic hydroxyl groups is 1. The molecule has 3 nitrogen and oxygen atoms in total. The average Bonchev–Trinajstić information content (AvgIpc) is 2.26. The summed E-state index contributed by atoms with van der Waals surface area (Å²) in [6.45, 7) is 2.72. The number of thiocarbonyl (C=S) groups is 1. The lowest BCUT2D eigenvalue weighted by molar-refractivity contribution is 0.118. The van der Waals surface area contributed by atoms with Gasteiger partial charge in [0, 0.05) is 18.2 Å². The number of nitrogens with one attached hydrogen (secondary N) is 1. The van der Waals surface area contributed by atoms with Crippen LogP contribution in [-0.2, 0) is 0 Å². The van der Waals surface area contributed by atoms with Crippen LogP contribution in [0, 0.1) is 5.92 Å². The molecule has 0 saturated carbocycles. The highest BCUT2D eigenvalue weighted by molar-refractivity contribution is 7.80. The fourth-order valence-electron chi connectivity index (χ4n) is 1.67. The van der Waals surface area contributed by atoms with E-state index in [1.165, 1.54) is 0 Å². The third-order valence-corrected chi connectivity index (χ3v) is 2.94. The molecular weight excluding hydrogens is 208 g/mol. The molecule has 0 amide bonds. The van der Waals surface area contributed by atoms with E-state index in [4.69, 9.17) is 12.2 Å². The van der Waals surface area contributed by atoms with Crippen LogP contribution >= 0.6 is 12.2 Å². The van der Waals surface area contributed by atoms with Gasteiger partial charge in [0.25, 0.3) is 0 Å². The quantitative estimate of drug-likeness (QED) is 0.703. The summed E-state index contributed by atoms with van der Waals surface area (Å²) in [5.74, 6) is 0.164. The highest BCUT2D eigenvalue weighted by Crippen LogP contribution is 2.22. The molecular formula is C11H14N2OS. The Morgan fingerprint density at radius 3 is 2.73 bits per heavy atom. The summed E-state index contributed by atoms with van der Waals surface area (Å²) in [5.41, 5.74) is 0.925. The minimum Gasteiger partial charge on any atom is -0.373 e. The number of para-hydroxylation sites is 1. The Bertz CT molecular complexity index is 355. The zero-order chi connectivity index (χ0) is 10.8. The van der Waals surface area contributed by atoms with Crippen LogP contribution in [0.5, 0.6) is 0 Å². The van der Waals surface area contributed by atoms with Gasteiger partial charge < -0.3 is 10.4 Å². The second-order valence-corrected chi connectivity index (χ2v) is 4.17. The summed E-state index contributed by atoms with van der Waals surface area (Å²) in [6, 6.07) is 9.69. The molecule has 2 N–H and O–H groups in total. The van der Waals surface area contributed by atoms with Crippen molar-refractivity contribution in [2.45, 2.75) is 13.2 Å². The molecule has 1 aliphatic rings. The van der Waals surface area contributed by atoms with Crippen LogP contribution in [-0.4, -0.2) is 23.0 Å². The number of anilines is 1. The first-order valence-corrected chi connectivity index (χ1v) is 5.41. The maximum Gasteiger partial charge on any atom is 0.175 e. The first kappa shape index (κ1) is 10.4. The molecule has 1 saturated heterocycles. The van der Waals surface area contributed by atoms with E-state index in [9.17, 15) is 5.11 Å². The van der Waals surface area contributed by atoms with E-state index in [-0.39, 0.29) is 5.92 Å². The summed E-state index contributed by atoms with van der Waals surface area (Å²) in [7, 11) is 0. The average molecular weight is 222 g/mol. The molecule has 2 atom stereocenters. The van der Waals surface area contributed by atoms with Gasteiger partial charge >= 0.3 is 0 Å². The number of hydrogen-bond acceptors (Lipinski definition) is 2. The van der Waals surface area contributed by atoms with Crippen LogP contribution < -0.4 is 10.2 Å². The molecule has 15 heavy (non-hydrogen) atoms. The van der Waals surface area contributed by atoms with Gasteiger partial charge in [0.2, 0.25) is 0 Å². The van der Waals surface area contributed by atoms with Gasteiger partial charge in [-0.05, 0) is 24.4 Å². The zero-order valence-corrected chi connectivity index (χ0v) is 9.37. The standard InChI is InChI=1S/C11H14N2OS/c1-8-7-12-11(15)13(10(8)14)9-5-3-2-4-6-9/h2-6,8,10,14H,7H2,1H3,(H,12,15)/t8-,10-/m1/s1. The molecule has 0 aliphatic carbocycles. The lowest BCUT2D eigenvalue weighted by atomic mass is 10.1. The number of nitrogens with zero attached hydrogens (tertiary/aromatic N) is 1. The third kappa shape index (κ3) is 1.96. The Balaban J connectivity index is 2.29. The lowest BCUT2D eigenvalue weighted by Gasteiger charge is -2.38. The van der Waals surface area contributed by atoms with Crippen molar-refractivity contribution in [3.05, 3.63) is 30.3 Å². The van der Waals surface area contributed by atoms with Crippen molar-refractivity contribution in [2.75, 3.05) is 11.4 Å². The highest BCUT2D eigenvalue weighted by Gasteiger charge is 2.30. The first-order chi connectivity index (χ1) is 7.20. The molecule has 0 aromatic heterocycles. The van der Waals surface area contributed by atoms with Gasteiger partial charge in [-0.15, -0.1) is 0 Å². The van der Waals surface area contributed by atoms with Crippen LogP contribution in [0.15, 0.2) is 30.3 Å². The van der Waals surface area contributed by atoms with Gasteiger partial charge in [-0.3, -0.25) is 4.90 Å². The molecule has 1 fully saturated rings. The van der Waals surface area contributed by atoms with Gasteiger partial charge in [0.15, 0.2) is 5.11 Å². The first-order valence-electron chi connectivity index (χ1n) is 5.00. The van der Waals surface area contributed by atoms with Crippen LogP contribution in [0.1, 0.15) is 6.92 Å². The zero-order valence-electron chi connectivity index (χ0n) is 8.55. The monoisotopic (exact) mass is 222 g/mol. The number of benzene rings is 1. The van der Waals surface area contributed by atoms with E-state index in [1.54, 1.807) is 4.90 Å². The second-order valence-electron chi connectivity index (χ2n) is 3.78. The van der Waals surface area contributed by atoms with E-state index >= 15 is 0 Å². The minimum absolute atomic E-state index is 0.164. The van der Waals surface area contributed by atoms with Crippen molar-refractivity contribution in [3.8, 4) is 0 Å². The molecule has 1 aromatic rings. The predicted molar refractivity (Wildman–Crippen MR) is 64.7 cm³/mol. The SMILES string of the molecule is C[C@@H]1CNC(=S)N(c2ccccc2)[C@@H]1O. The van der Waals surface area contributed by atoms with E-state index in [1.807, 2.05) is 37.3 Å². The molecule has 1 aliphatic heterocycles. The van der Waals surface area contributed by atoms with Gasteiger partial charge in [-0.25, -0.2) is 0 Å². The molecule has 80 valence electrons. The van der Waals surface area contributed by atoms with Gasteiger partial charge in [0.1, 0.15) is 6.23 Å². The topological polar surface area (TPSA) is 35.5 Å². The van der Waals surface area contributed by atoms with E-state index in [2.05, 4.69) is 5.32 Å². The Morgan fingerprint density at radius 1 is 1.40 bits per heavy atom. The minimum atomic E-state index is -0.541. The van der Waals surface area contributed by atoms with E-state index in [0.29, 0.717) is 5.11 Å². The maximum atomic E-state index is 10.1. The molecule has 0 bridgehead atoms. The molecule has 2 rings (SSSR count). The van der Waals surface area contributed by atoms with Gasteiger partial charge in [-0.1, -0.05) is 25.1 Å². The molecule has 0 spiro atoms. The molecule has 1 heterocycles. The fourth-order valence-corrected chi connectivity index (χ4v) is 1.97. The maximum absolute atomic E-state index is 10.1. The summed E-state index contributed by atoms with van der Waals surface area (Å²) in [6.07, 6.45) is -0.541. The van der Waals surface area contributed by atoms with Crippen molar-refractivity contribution in [2.24, 2.45) is 5.92 Å². The van der Waals surface area contributed by atoms with Gasteiger partial charge in [0.05, 0.1) is 0 Å². The summed E-state index contributed by atoms with van der Waals surface area (Å²) >= 11 is 5.19. The Kier molecular flexibility index (Phi) is 2.88. The molecule has 4 heteroatoms. The van der Waals surface area contributed by atoms with Crippen LogP contribution in [0.4, 0.5) is 5.69 Å². The molecule has 0 unspecified atom stereocenters. The largest absolute Gasteiger partial charge is 0.373 e. The predicted octanol–water partition coefficient (Wildman–Crippen LogP) is 1.34. The highest BCUT2D eigenvalue weighted by atomic mass is 32.1. The fraction of sp³-hybridized carbons (Fsp3) is 0.364. The van der Waals surface area contributed by atoms with Crippen molar-refractivity contribution < 1.29 is 5.11 Å². The van der Waals surface area contributed by atoms with Crippen LogP contribution in [0.2, 0.25) is 0 Å². The normalized spacial score (nSPS) is 26.3. The van der Waals surface area contributed by atoms with E-state index < -0.39 is 6.23 Å². The van der Waals surface area contributed by atoms with Crippen molar-refractivity contribution >= 4 is 23.0 Å². The summed E-state index contributed by atoms with van der Waals surface area (Å²) in [4.78, 5) is 1.75. The Labute approximate surface area is 94.7 Å².